The number of rotatable bonds is 6. The lowest BCUT2D eigenvalue weighted by Crippen LogP contribution is -2.15. The van der Waals surface area contributed by atoms with Gasteiger partial charge in [-0.2, -0.15) is 0 Å². The molecule has 1 aliphatic carbocycles. The Bertz CT molecular complexity index is 1180. The van der Waals surface area contributed by atoms with E-state index in [-0.39, 0.29) is 17.9 Å². The minimum Gasteiger partial charge on any atom is -0.462 e. The number of amides is 1. The summed E-state index contributed by atoms with van der Waals surface area (Å²) in [6.07, 6.45) is 4.44. The van der Waals surface area contributed by atoms with Crippen LogP contribution in [0.2, 0.25) is 0 Å². The number of nitro benzene ring substituents is 1. The maximum Gasteiger partial charge on any atom is 0.341 e. The van der Waals surface area contributed by atoms with Gasteiger partial charge in [0.1, 0.15) is 10.6 Å². The predicted octanol–water partition coefficient (Wildman–Crippen LogP) is 5.63. The standard InChI is InChI=1S/C24H22N2O5S/c1-2-31-24(28)21-20(18-8-7-15-5-3-4-6-17(15)13-18)14-32-23(21)25-22(27)16-9-11-19(12-10-16)26(29)30/h7-14H,2-6H2,1H3,(H,25,27). The fourth-order valence-electron chi connectivity index (χ4n) is 3.88. The van der Waals surface area contributed by atoms with Crippen molar-refractivity contribution in [1.29, 1.82) is 0 Å². The van der Waals surface area contributed by atoms with Gasteiger partial charge in [0, 0.05) is 28.6 Å². The maximum atomic E-state index is 12.8. The van der Waals surface area contributed by atoms with Crippen molar-refractivity contribution in [1.82, 2.24) is 0 Å². The number of carbonyl (C=O) groups excluding carboxylic acids is 2. The van der Waals surface area contributed by atoms with Gasteiger partial charge in [0.15, 0.2) is 0 Å². The molecule has 1 aromatic heterocycles. The molecule has 0 bridgehead atoms. The molecule has 8 heteroatoms. The topological polar surface area (TPSA) is 98.5 Å². The third kappa shape index (κ3) is 4.40. The molecule has 164 valence electrons. The van der Waals surface area contributed by atoms with Gasteiger partial charge < -0.3 is 10.1 Å². The number of aryl methyl sites for hydroxylation is 2. The Morgan fingerprint density at radius 2 is 1.81 bits per heavy atom. The van der Waals surface area contributed by atoms with Crippen LogP contribution in [0, 0.1) is 10.1 Å². The second-order valence-electron chi connectivity index (χ2n) is 7.52. The molecule has 3 aromatic rings. The number of nitrogens with one attached hydrogen (secondary N) is 1. The lowest BCUT2D eigenvalue weighted by Gasteiger charge is -2.17. The molecule has 0 atom stereocenters. The van der Waals surface area contributed by atoms with E-state index in [9.17, 15) is 19.7 Å². The number of hydrogen-bond acceptors (Lipinski definition) is 6. The molecule has 0 saturated carbocycles. The molecule has 32 heavy (non-hydrogen) atoms. The molecular formula is C24H22N2O5S. The summed E-state index contributed by atoms with van der Waals surface area (Å²) in [7, 11) is 0. The summed E-state index contributed by atoms with van der Waals surface area (Å²) in [5, 5.41) is 15.9. The van der Waals surface area contributed by atoms with Crippen molar-refractivity contribution in [3.63, 3.8) is 0 Å². The average Bonchev–Trinajstić information content (AvgIpc) is 3.22. The molecule has 2 aromatic carbocycles. The number of esters is 1. The van der Waals surface area contributed by atoms with Crippen molar-refractivity contribution < 1.29 is 19.2 Å². The number of thiophene rings is 1. The summed E-state index contributed by atoms with van der Waals surface area (Å²) >= 11 is 1.25. The van der Waals surface area contributed by atoms with Gasteiger partial charge in [-0.1, -0.05) is 18.2 Å². The molecule has 1 amide bonds. The summed E-state index contributed by atoms with van der Waals surface area (Å²) in [5.41, 5.74) is 4.77. The molecule has 1 heterocycles. The Balaban J connectivity index is 1.67. The van der Waals surface area contributed by atoms with Gasteiger partial charge >= 0.3 is 5.97 Å². The molecule has 0 unspecified atom stereocenters. The minimum atomic E-state index is -0.523. The Kier molecular flexibility index (Phi) is 6.32. The van der Waals surface area contributed by atoms with E-state index in [0.717, 1.165) is 30.4 Å². The number of hydrogen-bond donors (Lipinski definition) is 1. The van der Waals surface area contributed by atoms with Crippen LogP contribution in [0.3, 0.4) is 0 Å². The molecule has 0 saturated heterocycles. The molecule has 1 N–H and O–H groups in total. The van der Waals surface area contributed by atoms with Crippen molar-refractivity contribution in [2.75, 3.05) is 11.9 Å². The third-order valence-electron chi connectivity index (χ3n) is 5.50. The summed E-state index contributed by atoms with van der Waals surface area (Å²) < 4.78 is 5.27. The summed E-state index contributed by atoms with van der Waals surface area (Å²) in [6, 6.07) is 11.6. The first-order valence-electron chi connectivity index (χ1n) is 10.4. The van der Waals surface area contributed by atoms with E-state index < -0.39 is 16.8 Å². The van der Waals surface area contributed by atoms with Gasteiger partial charge in [0.25, 0.3) is 11.6 Å². The number of carbonyl (C=O) groups is 2. The molecule has 0 spiro atoms. The van der Waals surface area contributed by atoms with E-state index >= 15 is 0 Å². The van der Waals surface area contributed by atoms with Gasteiger partial charge in [-0.3, -0.25) is 14.9 Å². The number of fused-ring (bicyclic) bond motifs is 1. The number of ether oxygens (including phenoxy) is 1. The molecule has 7 nitrogen and oxygen atoms in total. The highest BCUT2D eigenvalue weighted by molar-refractivity contribution is 7.15. The van der Waals surface area contributed by atoms with Crippen molar-refractivity contribution in [3.8, 4) is 11.1 Å². The van der Waals surface area contributed by atoms with Crippen LogP contribution in [0.15, 0.2) is 47.8 Å². The first-order chi connectivity index (χ1) is 15.5. The SMILES string of the molecule is CCOC(=O)c1c(-c2ccc3c(c2)CCCC3)csc1NC(=O)c1ccc([N+](=O)[O-])cc1. The quantitative estimate of drug-likeness (QED) is 0.298. The number of benzene rings is 2. The number of anilines is 1. The van der Waals surface area contributed by atoms with Gasteiger partial charge in [-0.15, -0.1) is 11.3 Å². The van der Waals surface area contributed by atoms with Crippen molar-refractivity contribution >= 4 is 33.9 Å². The average molecular weight is 451 g/mol. The molecule has 0 aliphatic heterocycles. The largest absolute Gasteiger partial charge is 0.462 e. The highest BCUT2D eigenvalue weighted by Gasteiger charge is 2.24. The zero-order valence-corrected chi connectivity index (χ0v) is 18.4. The Hall–Kier alpha value is -3.52. The number of nitro groups is 1. The van der Waals surface area contributed by atoms with E-state index in [2.05, 4.69) is 17.4 Å². The monoisotopic (exact) mass is 450 g/mol. The van der Waals surface area contributed by atoms with Crippen molar-refractivity contribution in [2.45, 2.75) is 32.6 Å². The Labute approximate surface area is 189 Å². The molecule has 1 aliphatic rings. The smallest absolute Gasteiger partial charge is 0.341 e. The fourth-order valence-corrected chi connectivity index (χ4v) is 4.83. The van der Waals surface area contributed by atoms with Crippen LogP contribution in [0.1, 0.15) is 51.6 Å². The zero-order chi connectivity index (χ0) is 22.7. The summed E-state index contributed by atoms with van der Waals surface area (Å²) in [5.74, 6) is -0.954. The summed E-state index contributed by atoms with van der Waals surface area (Å²) in [6.45, 7) is 1.95. The van der Waals surface area contributed by atoms with Crippen LogP contribution >= 0.6 is 11.3 Å². The van der Waals surface area contributed by atoms with Crippen molar-refractivity contribution in [2.24, 2.45) is 0 Å². The van der Waals surface area contributed by atoms with Gasteiger partial charge in [0.05, 0.1) is 11.5 Å². The van der Waals surface area contributed by atoms with Crippen LogP contribution < -0.4 is 5.32 Å². The third-order valence-corrected chi connectivity index (χ3v) is 6.39. The maximum absolute atomic E-state index is 12.8. The van der Waals surface area contributed by atoms with Gasteiger partial charge in [0.2, 0.25) is 0 Å². The molecule has 4 rings (SSSR count). The minimum absolute atomic E-state index is 0.0976. The Morgan fingerprint density at radius 1 is 1.09 bits per heavy atom. The van der Waals surface area contributed by atoms with Crippen LogP contribution in [0.25, 0.3) is 11.1 Å². The molecular weight excluding hydrogens is 428 g/mol. The molecule has 0 fully saturated rings. The van der Waals surface area contributed by atoms with Crippen LogP contribution in [-0.4, -0.2) is 23.4 Å². The zero-order valence-electron chi connectivity index (χ0n) is 17.6. The lowest BCUT2D eigenvalue weighted by atomic mass is 9.89. The highest BCUT2D eigenvalue weighted by Crippen LogP contribution is 2.38. The van der Waals surface area contributed by atoms with E-state index in [4.69, 9.17) is 4.74 Å². The fraction of sp³-hybridized carbons (Fsp3) is 0.250. The number of non-ortho nitro benzene ring substituents is 1. The lowest BCUT2D eigenvalue weighted by molar-refractivity contribution is -0.384. The number of nitrogens with zero attached hydrogens (tertiary/aromatic N) is 1. The first kappa shape index (κ1) is 21.7. The Morgan fingerprint density at radius 3 is 2.50 bits per heavy atom. The van der Waals surface area contributed by atoms with E-state index in [1.165, 1.54) is 53.1 Å². The van der Waals surface area contributed by atoms with E-state index in [0.29, 0.717) is 10.6 Å². The van der Waals surface area contributed by atoms with Gasteiger partial charge in [-0.05, 0) is 61.4 Å². The normalized spacial score (nSPS) is 12.7. The van der Waals surface area contributed by atoms with Crippen LogP contribution in [0.5, 0.6) is 0 Å². The second kappa shape index (κ2) is 9.32. The van der Waals surface area contributed by atoms with Crippen molar-refractivity contribution in [3.05, 3.63) is 80.2 Å². The predicted molar refractivity (Wildman–Crippen MR) is 123 cm³/mol. The second-order valence-corrected chi connectivity index (χ2v) is 8.40. The summed E-state index contributed by atoms with van der Waals surface area (Å²) in [4.78, 5) is 35.9. The van der Waals surface area contributed by atoms with Gasteiger partial charge in [-0.25, -0.2) is 4.79 Å². The van der Waals surface area contributed by atoms with E-state index in [1.807, 2.05) is 11.4 Å². The van der Waals surface area contributed by atoms with Crippen LogP contribution in [-0.2, 0) is 17.6 Å². The highest BCUT2D eigenvalue weighted by atomic mass is 32.1. The molecule has 0 radical (unpaired) electrons. The first-order valence-corrected chi connectivity index (χ1v) is 11.3. The van der Waals surface area contributed by atoms with Crippen LogP contribution in [0.4, 0.5) is 10.7 Å². The van der Waals surface area contributed by atoms with E-state index in [1.54, 1.807) is 6.92 Å².